The lowest BCUT2D eigenvalue weighted by Crippen LogP contribution is -2.50. The summed E-state index contributed by atoms with van der Waals surface area (Å²) >= 11 is 0. The highest BCUT2D eigenvalue weighted by atomic mass is 32.2. The van der Waals surface area contributed by atoms with Crippen molar-refractivity contribution in [3.8, 4) is 5.75 Å². The summed E-state index contributed by atoms with van der Waals surface area (Å²) in [5, 5.41) is 2.84. The molecule has 3 rings (SSSR count). The predicted molar refractivity (Wildman–Crippen MR) is 98.4 cm³/mol. The maximum Gasteiger partial charge on any atom is 0.322 e. The lowest BCUT2D eigenvalue weighted by Gasteiger charge is -2.38. The van der Waals surface area contributed by atoms with Crippen LogP contribution in [0.1, 0.15) is 19.8 Å². The number of piperidine rings is 1. The van der Waals surface area contributed by atoms with Crippen molar-refractivity contribution >= 4 is 21.6 Å². The molecule has 0 aliphatic carbocycles. The number of nitrogens with zero attached hydrogens (tertiary/aromatic N) is 1. The lowest BCUT2D eigenvalue weighted by atomic mass is 9.93. The van der Waals surface area contributed by atoms with Crippen LogP contribution in [-0.2, 0) is 14.6 Å². The molecule has 1 fully saturated rings. The van der Waals surface area contributed by atoms with Crippen molar-refractivity contribution in [2.75, 3.05) is 37.9 Å². The Morgan fingerprint density at radius 3 is 2.88 bits per heavy atom. The Morgan fingerprint density at radius 2 is 2.23 bits per heavy atom. The Balaban J connectivity index is 1.77. The topological polar surface area (TPSA) is 84.9 Å². The summed E-state index contributed by atoms with van der Waals surface area (Å²) in [6.07, 6.45) is 6.93. The van der Waals surface area contributed by atoms with Crippen LogP contribution in [0.2, 0.25) is 0 Å². The van der Waals surface area contributed by atoms with Crippen molar-refractivity contribution in [1.29, 1.82) is 0 Å². The van der Waals surface area contributed by atoms with E-state index >= 15 is 0 Å². The summed E-state index contributed by atoms with van der Waals surface area (Å²) in [6.45, 7) is 3.90. The molecule has 2 amide bonds. The number of hydrogen-bond acceptors (Lipinski definition) is 5. The highest BCUT2D eigenvalue weighted by Gasteiger charge is 2.38. The Morgan fingerprint density at radius 1 is 1.42 bits per heavy atom. The number of hydrogen-bond donors (Lipinski definition) is 1. The van der Waals surface area contributed by atoms with Gasteiger partial charge < -0.3 is 19.7 Å². The van der Waals surface area contributed by atoms with Gasteiger partial charge in [-0.3, -0.25) is 0 Å². The number of likely N-dealkylation sites (tertiary alicyclic amines) is 1. The van der Waals surface area contributed by atoms with Gasteiger partial charge >= 0.3 is 6.03 Å². The Hall–Kier alpha value is -2.06. The minimum Gasteiger partial charge on any atom is -0.492 e. The van der Waals surface area contributed by atoms with E-state index in [9.17, 15) is 13.2 Å². The minimum atomic E-state index is -3.35. The molecule has 1 unspecified atom stereocenters. The Bertz CT molecular complexity index is 821. The highest BCUT2D eigenvalue weighted by Crippen LogP contribution is 2.32. The number of nitrogens with one attached hydrogen (secondary N) is 1. The number of carbonyl (C=O) groups is 1. The standard InChI is InChI=1S/C18H24N2O5S/c1-3-24-16-12-14(26(2,22)23)6-7-15(16)19-17(21)20-10-4-8-18(13-20)9-5-11-25-18/h5-7,9,12H,3-4,8,10-11,13H2,1-2H3,(H,19,21). The second-order valence-corrected chi connectivity index (χ2v) is 8.61. The first-order valence-electron chi connectivity index (χ1n) is 8.67. The average molecular weight is 380 g/mol. The molecule has 26 heavy (non-hydrogen) atoms. The van der Waals surface area contributed by atoms with E-state index in [1.165, 1.54) is 12.1 Å². The number of amides is 2. The van der Waals surface area contributed by atoms with Crippen molar-refractivity contribution in [2.45, 2.75) is 30.3 Å². The van der Waals surface area contributed by atoms with Gasteiger partial charge in [0.25, 0.3) is 0 Å². The molecule has 0 saturated carbocycles. The fourth-order valence-corrected chi connectivity index (χ4v) is 3.94. The van der Waals surface area contributed by atoms with Gasteiger partial charge in [-0.1, -0.05) is 12.2 Å². The van der Waals surface area contributed by atoms with Crippen LogP contribution in [0.3, 0.4) is 0 Å². The van der Waals surface area contributed by atoms with E-state index in [0.29, 0.717) is 37.7 Å². The van der Waals surface area contributed by atoms with Crippen LogP contribution in [0.5, 0.6) is 5.75 Å². The molecule has 2 aliphatic heterocycles. The number of sulfone groups is 1. The van der Waals surface area contributed by atoms with Gasteiger partial charge in [-0.05, 0) is 31.9 Å². The number of urea groups is 1. The van der Waals surface area contributed by atoms with Crippen LogP contribution in [-0.4, -0.2) is 57.5 Å². The van der Waals surface area contributed by atoms with Crippen LogP contribution >= 0.6 is 0 Å². The van der Waals surface area contributed by atoms with Crippen molar-refractivity contribution in [2.24, 2.45) is 0 Å². The zero-order valence-electron chi connectivity index (χ0n) is 15.0. The summed E-state index contributed by atoms with van der Waals surface area (Å²) in [7, 11) is -3.35. The average Bonchev–Trinajstić information content (AvgIpc) is 3.03. The predicted octanol–water partition coefficient (Wildman–Crippen LogP) is 2.44. The maximum atomic E-state index is 12.7. The molecule has 7 nitrogen and oxygen atoms in total. The second-order valence-electron chi connectivity index (χ2n) is 6.60. The molecule has 2 heterocycles. The zero-order valence-corrected chi connectivity index (χ0v) is 15.8. The largest absolute Gasteiger partial charge is 0.492 e. The van der Waals surface area contributed by atoms with Crippen molar-refractivity contribution in [3.63, 3.8) is 0 Å². The van der Waals surface area contributed by atoms with Gasteiger partial charge in [-0.25, -0.2) is 13.2 Å². The lowest BCUT2D eigenvalue weighted by molar-refractivity contribution is -0.0194. The normalized spacial score (nSPS) is 22.6. The Labute approximate surface area is 153 Å². The molecule has 0 bridgehead atoms. The first-order valence-corrected chi connectivity index (χ1v) is 10.6. The van der Waals surface area contributed by atoms with Gasteiger partial charge in [0.15, 0.2) is 9.84 Å². The van der Waals surface area contributed by atoms with Gasteiger partial charge in [-0.2, -0.15) is 0 Å². The summed E-state index contributed by atoms with van der Waals surface area (Å²) in [5.74, 6) is 0.340. The molecule has 1 aromatic rings. The third kappa shape index (κ3) is 4.02. The molecule has 1 saturated heterocycles. The third-order valence-corrected chi connectivity index (χ3v) is 5.70. The van der Waals surface area contributed by atoms with Crippen LogP contribution in [0.15, 0.2) is 35.2 Å². The number of benzene rings is 1. The molecule has 1 spiro atoms. The first-order chi connectivity index (χ1) is 12.3. The number of ether oxygens (including phenoxy) is 2. The quantitative estimate of drug-likeness (QED) is 0.811. The summed E-state index contributed by atoms with van der Waals surface area (Å²) in [4.78, 5) is 14.6. The van der Waals surface area contributed by atoms with Gasteiger partial charge in [0, 0.05) is 18.9 Å². The van der Waals surface area contributed by atoms with Crippen LogP contribution in [0.4, 0.5) is 10.5 Å². The van der Waals surface area contributed by atoms with Gasteiger partial charge in [0.05, 0.1) is 30.3 Å². The van der Waals surface area contributed by atoms with Crippen molar-refractivity contribution < 1.29 is 22.7 Å². The monoisotopic (exact) mass is 380 g/mol. The van der Waals surface area contributed by atoms with Crippen LogP contribution < -0.4 is 10.1 Å². The fourth-order valence-electron chi connectivity index (χ4n) is 3.31. The van der Waals surface area contributed by atoms with Gasteiger partial charge in [-0.15, -0.1) is 0 Å². The van der Waals surface area contributed by atoms with E-state index in [1.807, 2.05) is 12.2 Å². The molecule has 2 aliphatic rings. The molecule has 142 valence electrons. The summed E-state index contributed by atoms with van der Waals surface area (Å²) < 4.78 is 34.8. The fraction of sp³-hybridized carbons (Fsp3) is 0.500. The molecular weight excluding hydrogens is 356 g/mol. The number of rotatable bonds is 4. The van der Waals surface area contributed by atoms with Crippen molar-refractivity contribution in [3.05, 3.63) is 30.4 Å². The van der Waals surface area contributed by atoms with E-state index in [2.05, 4.69) is 5.32 Å². The zero-order chi connectivity index (χ0) is 18.8. The van der Waals surface area contributed by atoms with Crippen LogP contribution in [0.25, 0.3) is 0 Å². The highest BCUT2D eigenvalue weighted by molar-refractivity contribution is 7.90. The minimum absolute atomic E-state index is 0.153. The summed E-state index contributed by atoms with van der Waals surface area (Å²) in [5.41, 5.74) is 0.0742. The maximum absolute atomic E-state index is 12.7. The molecule has 1 aromatic carbocycles. The van der Waals surface area contributed by atoms with E-state index in [1.54, 1.807) is 17.9 Å². The smallest absolute Gasteiger partial charge is 0.322 e. The van der Waals surface area contributed by atoms with Crippen LogP contribution in [0, 0.1) is 0 Å². The first kappa shape index (κ1) is 18.7. The van der Waals surface area contributed by atoms with E-state index in [4.69, 9.17) is 9.47 Å². The molecule has 8 heteroatoms. The van der Waals surface area contributed by atoms with E-state index in [-0.39, 0.29) is 16.5 Å². The number of carbonyl (C=O) groups excluding carboxylic acids is 1. The molecule has 0 aromatic heterocycles. The van der Waals surface area contributed by atoms with Crippen molar-refractivity contribution in [1.82, 2.24) is 4.90 Å². The van der Waals surface area contributed by atoms with Gasteiger partial charge in [0.1, 0.15) is 11.4 Å². The number of anilines is 1. The molecular formula is C18H24N2O5S. The van der Waals surface area contributed by atoms with E-state index < -0.39 is 9.84 Å². The SMILES string of the molecule is CCOc1cc(S(C)(=O)=O)ccc1NC(=O)N1CCCC2(C=CCO2)C1. The van der Waals surface area contributed by atoms with Gasteiger partial charge in [0.2, 0.25) is 0 Å². The molecule has 1 N–H and O–H groups in total. The second kappa shape index (κ2) is 7.28. The summed E-state index contributed by atoms with van der Waals surface area (Å²) in [6, 6.07) is 4.22. The van der Waals surface area contributed by atoms with E-state index in [0.717, 1.165) is 19.1 Å². The molecule has 1 atom stereocenters. The third-order valence-electron chi connectivity index (χ3n) is 4.58. The Kier molecular flexibility index (Phi) is 5.24. The molecule has 0 radical (unpaired) electrons.